The lowest BCUT2D eigenvalue weighted by atomic mass is 10.4. The van der Waals surface area contributed by atoms with E-state index >= 15 is 0 Å². The maximum absolute atomic E-state index is 12.0. The van der Waals surface area contributed by atoms with Crippen LogP contribution in [0.3, 0.4) is 0 Å². The van der Waals surface area contributed by atoms with Gasteiger partial charge in [0.15, 0.2) is 5.76 Å². The first-order chi connectivity index (χ1) is 10.1. The molecule has 0 amide bonds. The summed E-state index contributed by atoms with van der Waals surface area (Å²) in [6.07, 6.45) is 1.52. The molecule has 0 bridgehead atoms. The summed E-state index contributed by atoms with van der Waals surface area (Å²) in [5.74, 6) is 1.30. The molecule has 0 saturated carbocycles. The largest absolute Gasteiger partial charge is 0.461 e. The number of furan rings is 1. The van der Waals surface area contributed by atoms with Gasteiger partial charge in [0.05, 0.1) is 17.7 Å². The molecule has 2 heterocycles. The molecule has 2 N–H and O–H groups in total. The van der Waals surface area contributed by atoms with E-state index in [0.29, 0.717) is 17.4 Å². The van der Waals surface area contributed by atoms with E-state index < -0.39 is 10.0 Å². The molecule has 2 aromatic heterocycles. The van der Waals surface area contributed by atoms with E-state index in [4.69, 9.17) is 4.42 Å². The lowest BCUT2D eigenvalue weighted by molar-refractivity contribution is 0.577. The number of sulfonamides is 1. The SMILES string of the molecule is O=S(=O)(NCc1nc(-c2ccco2)n[nH]1)c1ccccc1. The van der Waals surface area contributed by atoms with Gasteiger partial charge in [-0.3, -0.25) is 5.10 Å². The number of H-pyrrole nitrogens is 1. The Balaban J connectivity index is 1.71. The topological polar surface area (TPSA) is 101 Å². The van der Waals surface area contributed by atoms with Crippen molar-refractivity contribution in [1.29, 1.82) is 0 Å². The van der Waals surface area contributed by atoms with Gasteiger partial charge in [-0.05, 0) is 24.3 Å². The highest BCUT2D eigenvalue weighted by atomic mass is 32.2. The zero-order valence-corrected chi connectivity index (χ0v) is 11.7. The smallest absolute Gasteiger partial charge is 0.240 e. The van der Waals surface area contributed by atoms with Crippen molar-refractivity contribution in [2.24, 2.45) is 0 Å². The van der Waals surface area contributed by atoms with Gasteiger partial charge in [0.1, 0.15) is 5.82 Å². The summed E-state index contributed by atoms with van der Waals surface area (Å²) in [6, 6.07) is 11.6. The van der Waals surface area contributed by atoms with Gasteiger partial charge in [-0.25, -0.2) is 18.1 Å². The summed E-state index contributed by atoms with van der Waals surface area (Å²) in [5, 5.41) is 6.64. The quantitative estimate of drug-likeness (QED) is 0.744. The molecular formula is C13H12N4O3S. The summed E-state index contributed by atoms with van der Waals surface area (Å²) >= 11 is 0. The summed E-state index contributed by atoms with van der Waals surface area (Å²) in [5.41, 5.74) is 0. The third kappa shape index (κ3) is 3.01. The number of aromatic nitrogens is 3. The second-order valence-electron chi connectivity index (χ2n) is 4.22. The van der Waals surface area contributed by atoms with E-state index in [2.05, 4.69) is 19.9 Å². The van der Waals surface area contributed by atoms with Crippen molar-refractivity contribution < 1.29 is 12.8 Å². The van der Waals surface area contributed by atoms with Gasteiger partial charge in [-0.1, -0.05) is 18.2 Å². The predicted octanol–water partition coefficient (Wildman–Crippen LogP) is 1.54. The first-order valence-electron chi connectivity index (χ1n) is 6.15. The molecule has 1 aromatic carbocycles. The molecule has 0 aliphatic heterocycles. The maximum atomic E-state index is 12.0. The molecule has 0 unspecified atom stereocenters. The monoisotopic (exact) mass is 304 g/mol. The van der Waals surface area contributed by atoms with Crippen LogP contribution < -0.4 is 4.72 Å². The van der Waals surface area contributed by atoms with Crippen molar-refractivity contribution in [1.82, 2.24) is 19.9 Å². The average Bonchev–Trinajstić information content (AvgIpc) is 3.17. The molecule has 8 heteroatoms. The molecule has 7 nitrogen and oxygen atoms in total. The van der Waals surface area contributed by atoms with Crippen molar-refractivity contribution in [3.8, 4) is 11.6 Å². The third-order valence-corrected chi connectivity index (χ3v) is 4.17. The fourth-order valence-electron chi connectivity index (χ4n) is 1.74. The minimum atomic E-state index is -3.56. The van der Waals surface area contributed by atoms with Crippen LogP contribution in [0.4, 0.5) is 0 Å². The van der Waals surface area contributed by atoms with Crippen LogP contribution in [-0.2, 0) is 16.6 Å². The zero-order valence-electron chi connectivity index (χ0n) is 10.9. The van der Waals surface area contributed by atoms with Crippen LogP contribution in [0.2, 0.25) is 0 Å². The molecule has 21 heavy (non-hydrogen) atoms. The fourth-order valence-corrected chi connectivity index (χ4v) is 2.75. The summed E-state index contributed by atoms with van der Waals surface area (Å²) in [6.45, 7) is 0.0188. The van der Waals surface area contributed by atoms with E-state index in [1.54, 1.807) is 30.3 Å². The van der Waals surface area contributed by atoms with Gasteiger partial charge in [-0.15, -0.1) is 5.10 Å². The van der Waals surface area contributed by atoms with Gasteiger partial charge in [-0.2, -0.15) is 0 Å². The number of hydrogen-bond donors (Lipinski definition) is 2. The van der Waals surface area contributed by atoms with Crippen molar-refractivity contribution in [3.63, 3.8) is 0 Å². The van der Waals surface area contributed by atoms with Crippen LogP contribution in [0.15, 0.2) is 58.0 Å². The molecular weight excluding hydrogens is 292 g/mol. The molecule has 108 valence electrons. The fraction of sp³-hybridized carbons (Fsp3) is 0.0769. The highest BCUT2D eigenvalue weighted by Crippen LogP contribution is 2.14. The van der Waals surface area contributed by atoms with Crippen molar-refractivity contribution in [3.05, 3.63) is 54.6 Å². The van der Waals surface area contributed by atoms with E-state index in [1.807, 2.05) is 0 Å². The van der Waals surface area contributed by atoms with Crippen molar-refractivity contribution >= 4 is 10.0 Å². The summed E-state index contributed by atoms with van der Waals surface area (Å²) in [7, 11) is -3.56. The van der Waals surface area contributed by atoms with Crippen LogP contribution in [0.1, 0.15) is 5.82 Å². The van der Waals surface area contributed by atoms with E-state index in [-0.39, 0.29) is 11.4 Å². The van der Waals surface area contributed by atoms with Crippen molar-refractivity contribution in [2.45, 2.75) is 11.4 Å². The normalized spacial score (nSPS) is 11.6. The molecule has 0 aliphatic rings. The highest BCUT2D eigenvalue weighted by molar-refractivity contribution is 7.89. The Morgan fingerprint density at radius 3 is 2.67 bits per heavy atom. The molecule has 3 aromatic rings. The number of nitrogens with zero attached hydrogens (tertiary/aromatic N) is 2. The van der Waals surface area contributed by atoms with E-state index in [9.17, 15) is 8.42 Å². The molecule has 0 radical (unpaired) electrons. The molecule has 0 spiro atoms. The first kappa shape index (κ1) is 13.5. The third-order valence-electron chi connectivity index (χ3n) is 2.76. The Morgan fingerprint density at radius 2 is 1.95 bits per heavy atom. The first-order valence-corrected chi connectivity index (χ1v) is 7.63. The maximum Gasteiger partial charge on any atom is 0.240 e. The summed E-state index contributed by atoms with van der Waals surface area (Å²) < 4.78 is 31.7. The van der Waals surface area contributed by atoms with Crippen LogP contribution in [0, 0.1) is 0 Å². The average molecular weight is 304 g/mol. The Kier molecular flexibility index (Phi) is 3.55. The van der Waals surface area contributed by atoms with Gasteiger partial charge in [0.2, 0.25) is 15.8 Å². The van der Waals surface area contributed by atoms with Crippen LogP contribution in [-0.4, -0.2) is 23.6 Å². The Bertz CT molecular complexity index is 810. The van der Waals surface area contributed by atoms with Crippen molar-refractivity contribution in [2.75, 3.05) is 0 Å². The van der Waals surface area contributed by atoms with Crippen LogP contribution in [0.25, 0.3) is 11.6 Å². The Labute approximate surface area is 121 Å². The number of hydrogen-bond acceptors (Lipinski definition) is 5. The zero-order chi connectivity index (χ0) is 14.7. The second kappa shape index (κ2) is 5.51. The Hall–Kier alpha value is -2.45. The van der Waals surface area contributed by atoms with E-state index in [1.165, 1.54) is 18.4 Å². The standard InChI is InChI=1S/C13H12N4O3S/c18-21(19,10-5-2-1-3-6-10)14-9-12-15-13(17-16-12)11-7-4-8-20-11/h1-8,14H,9H2,(H,15,16,17). The van der Waals surface area contributed by atoms with Gasteiger partial charge in [0, 0.05) is 0 Å². The Morgan fingerprint density at radius 1 is 1.14 bits per heavy atom. The lowest BCUT2D eigenvalue weighted by Gasteiger charge is -2.04. The number of rotatable bonds is 5. The predicted molar refractivity (Wildman–Crippen MR) is 74.6 cm³/mol. The minimum absolute atomic E-state index is 0.0188. The summed E-state index contributed by atoms with van der Waals surface area (Å²) in [4.78, 5) is 4.37. The van der Waals surface area contributed by atoms with Crippen LogP contribution in [0.5, 0.6) is 0 Å². The minimum Gasteiger partial charge on any atom is -0.461 e. The molecule has 0 saturated heterocycles. The van der Waals surface area contributed by atoms with Gasteiger partial charge in [0.25, 0.3) is 0 Å². The van der Waals surface area contributed by atoms with E-state index in [0.717, 1.165) is 0 Å². The highest BCUT2D eigenvalue weighted by Gasteiger charge is 2.15. The molecule has 0 aliphatic carbocycles. The van der Waals surface area contributed by atoms with Gasteiger partial charge >= 0.3 is 0 Å². The molecule has 0 atom stereocenters. The number of benzene rings is 1. The number of aromatic amines is 1. The lowest BCUT2D eigenvalue weighted by Crippen LogP contribution is -2.23. The second-order valence-corrected chi connectivity index (χ2v) is 5.99. The molecule has 3 rings (SSSR count). The van der Waals surface area contributed by atoms with Gasteiger partial charge < -0.3 is 4.42 Å². The van der Waals surface area contributed by atoms with Crippen LogP contribution >= 0.6 is 0 Å². The number of nitrogens with one attached hydrogen (secondary N) is 2. The molecule has 0 fully saturated rings.